The Hall–Kier alpha value is -0.960. The van der Waals surface area contributed by atoms with Crippen LogP contribution >= 0.6 is 7.82 Å². The van der Waals surface area contributed by atoms with Crippen LogP contribution in [0.15, 0.2) is 12.2 Å². The van der Waals surface area contributed by atoms with Crippen LogP contribution in [-0.4, -0.2) is 108 Å². The van der Waals surface area contributed by atoms with Gasteiger partial charge in [0, 0.05) is 0 Å². The molecule has 9 N–H and O–H groups in total. The van der Waals surface area contributed by atoms with E-state index >= 15 is 0 Å². The number of phosphoric acid groups is 1. The lowest BCUT2D eigenvalue weighted by molar-refractivity contribution is -0.220. The Morgan fingerprint density at radius 3 is 1.37 bits per heavy atom. The zero-order valence-electron chi connectivity index (χ0n) is 37.6. The van der Waals surface area contributed by atoms with Crippen molar-refractivity contribution in [3.05, 3.63) is 12.2 Å². The first-order chi connectivity index (χ1) is 28.8. The second-order valence-corrected chi connectivity index (χ2v) is 18.9. The fraction of sp³-hybridized carbons (Fsp3) is 0.935. The van der Waals surface area contributed by atoms with E-state index in [1.54, 1.807) is 6.08 Å². The van der Waals surface area contributed by atoms with E-state index in [9.17, 15) is 50.0 Å². The minimum Gasteiger partial charge on any atom is -0.393 e. The summed E-state index contributed by atoms with van der Waals surface area (Å²) in [5.74, 6) is -0.590. The van der Waals surface area contributed by atoms with E-state index in [-0.39, 0.29) is 6.42 Å². The third-order valence-electron chi connectivity index (χ3n) is 11.9. The molecule has 1 rings (SSSR count). The van der Waals surface area contributed by atoms with Gasteiger partial charge in [0.25, 0.3) is 0 Å². The molecule has 0 spiro atoms. The first-order valence-corrected chi connectivity index (χ1v) is 25.7. The van der Waals surface area contributed by atoms with Gasteiger partial charge in [0.05, 0.1) is 31.3 Å². The van der Waals surface area contributed by atoms with Crippen molar-refractivity contribution < 1.29 is 59.0 Å². The van der Waals surface area contributed by atoms with Crippen molar-refractivity contribution in [2.24, 2.45) is 0 Å². The number of hydrogen-bond acceptors (Lipinski definition) is 11. The van der Waals surface area contributed by atoms with Gasteiger partial charge in [0.15, 0.2) is 0 Å². The van der Waals surface area contributed by atoms with E-state index in [1.165, 1.54) is 141 Å². The van der Waals surface area contributed by atoms with Crippen molar-refractivity contribution >= 4 is 13.7 Å². The number of rotatable bonds is 40. The zero-order valence-corrected chi connectivity index (χ0v) is 38.5. The Morgan fingerprint density at radius 1 is 0.583 bits per heavy atom. The molecule has 1 saturated carbocycles. The second-order valence-electron chi connectivity index (χ2n) is 17.5. The van der Waals surface area contributed by atoms with Crippen LogP contribution in [0.1, 0.15) is 213 Å². The van der Waals surface area contributed by atoms with Gasteiger partial charge in [-0.15, -0.1) is 0 Å². The molecule has 0 heterocycles. The van der Waals surface area contributed by atoms with Crippen molar-refractivity contribution in [2.45, 2.75) is 268 Å². The highest BCUT2D eigenvalue weighted by atomic mass is 31.2. The highest BCUT2D eigenvalue weighted by Crippen LogP contribution is 2.47. The van der Waals surface area contributed by atoms with Crippen molar-refractivity contribution in [2.75, 3.05) is 6.61 Å². The molecule has 0 aromatic carbocycles. The summed E-state index contributed by atoms with van der Waals surface area (Å²) in [4.78, 5) is 23.4. The van der Waals surface area contributed by atoms with Crippen molar-refractivity contribution in [1.82, 2.24) is 5.32 Å². The molecule has 1 amide bonds. The van der Waals surface area contributed by atoms with Crippen LogP contribution in [0.3, 0.4) is 0 Å². The summed E-state index contributed by atoms with van der Waals surface area (Å²) in [7, 11) is -5.14. The fourth-order valence-corrected chi connectivity index (χ4v) is 8.86. The third kappa shape index (κ3) is 28.0. The van der Waals surface area contributed by atoms with Gasteiger partial charge in [-0.05, 0) is 19.3 Å². The van der Waals surface area contributed by atoms with Gasteiger partial charge in [0.2, 0.25) is 5.91 Å². The third-order valence-corrected chi connectivity index (χ3v) is 12.9. The van der Waals surface area contributed by atoms with Crippen LogP contribution in [-0.2, 0) is 18.4 Å². The molecule has 0 bridgehead atoms. The summed E-state index contributed by atoms with van der Waals surface area (Å²) in [6.07, 6.45) is 24.4. The molecule has 60 heavy (non-hydrogen) atoms. The monoisotopic (exact) mass is 880 g/mol. The molecule has 0 radical (unpaired) electrons. The number of nitrogens with one attached hydrogen (secondary N) is 1. The lowest BCUT2D eigenvalue weighted by Gasteiger charge is -2.41. The summed E-state index contributed by atoms with van der Waals surface area (Å²) < 4.78 is 22.9. The van der Waals surface area contributed by atoms with Gasteiger partial charge in [-0.2, -0.15) is 0 Å². The summed E-state index contributed by atoms with van der Waals surface area (Å²) in [5, 5.41) is 74.5. The predicted octanol–water partition coefficient (Wildman–Crippen LogP) is 8.20. The lowest BCUT2D eigenvalue weighted by atomic mass is 9.85. The highest BCUT2D eigenvalue weighted by Gasteiger charge is 2.51. The van der Waals surface area contributed by atoms with E-state index in [0.717, 1.165) is 44.9 Å². The quantitative estimate of drug-likeness (QED) is 0.0161. The Kier molecular flexibility index (Phi) is 34.6. The second kappa shape index (κ2) is 36.4. The molecule has 0 saturated heterocycles. The number of carbonyl (C=O) groups is 1. The number of aliphatic hydroxyl groups excluding tert-OH is 7. The first kappa shape index (κ1) is 57.1. The van der Waals surface area contributed by atoms with Gasteiger partial charge >= 0.3 is 7.82 Å². The number of phosphoric ester groups is 1. The molecule has 356 valence electrons. The number of carbonyl (C=O) groups excluding carboxylic acids is 1. The normalized spacial score (nSPS) is 23.4. The molecule has 1 aliphatic rings. The summed E-state index contributed by atoms with van der Waals surface area (Å²) >= 11 is 0. The van der Waals surface area contributed by atoms with Crippen LogP contribution in [0.4, 0.5) is 0 Å². The Bertz CT molecular complexity index is 1090. The molecular weight excluding hydrogens is 789 g/mol. The number of unbranched alkanes of at least 4 members (excludes halogenated alkanes) is 27. The molecule has 1 fully saturated rings. The average Bonchev–Trinajstić information content (AvgIpc) is 3.22. The molecular formula is C46H90NO12P. The Balaban J connectivity index is 2.52. The standard InChI is InChI=1S/C46H90NO12P/c1-3-5-7-9-11-13-15-17-19-20-21-23-25-27-29-31-33-37(48)35-40(50)47-38(36-58-60(56,57)59-46-44(54)42(52)41(51)43(53)45(46)55)39(49)34-32-30-28-26-24-22-18-16-14-12-10-8-6-4-2/h32,34,37-39,41-46,48-49,51-55H,3-31,33,35-36H2,1-2H3,(H,47,50)(H,56,57)/b34-32+. The summed E-state index contributed by atoms with van der Waals surface area (Å²) in [6, 6.07) is -1.23. The molecule has 8 atom stereocenters. The molecule has 13 nitrogen and oxygen atoms in total. The van der Waals surface area contributed by atoms with E-state index in [0.29, 0.717) is 12.8 Å². The maximum absolute atomic E-state index is 13.0. The van der Waals surface area contributed by atoms with Crippen LogP contribution < -0.4 is 5.32 Å². The SMILES string of the molecule is CCCCCCCCCCCCCC/C=C/C(O)C(COP(=O)(O)OC1C(O)C(O)C(O)C(O)C1O)NC(=O)CC(O)CCCCCCCCCCCCCCCCCC. The molecule has 0 aliphatic heterocycles. The summed E-state index contributed by atoms with van der Waals surface area (Å²) in [5.41, 5.74) is 0. The average molecular weight is 880 g/mol. The van der Waals surface area contributed by atoms with Crippen LogP contribution in [0.2, 0.25) is 0 Å². The van der Waals surface area contributed by atoms with E-state index in [4.69, 9.17) is 9.05 Å². The number of hydrogen-bond donors (Lipinski definition) is 9. The van der Waals surface area contributed by atoms with E-state index in [1.807, 2.05) is 0 Å². The number of allylic oxidation sites excluding steroid dienone is 1. The maximum Gasteiger partial charge on any atom is 0.472 e. The molecule has 14 heteroatoms. The Labute approximate surface area is 363 Å². The first-order valence-electron chi connectivity index (χ1n) is 24.2. The van der Waals surface area contributed by atoms with Gasteiger partial charge in [-0.1, -0.05) is 199 Å². The van der Waals surface area contributed by atoms with Crippen molar-refractivity contribution in [3.8, 4) is 0 Å². The van der Waals surface area contributed by atoms with E-state index < -0.39 is 75.2 Å². The van der Waals surface area contributed by atoms with Gasteiger partial charge in [0.1, 0.15) is 36.6 Å². The smallest absolute Gasteiger partial charge is 0.393 e. The van der Waals surface area contributed by atoms with Gasteiger partial charge in [-0.25, -0.2) is 4.57 Å². The minimum atomic E-state index is -5.14. The van der Waals surface area contributed by atoms with Crippen LogP contribution in [0, 0.1) is 0 Å². The minimum absolute atomic E-state index is 0.240. The topological polar surface area (TPSA) is 226 Å². The largest absolute Gasteiger partial charge is 0.472 e. The van der Waals surface area contributed by atoms with Gasteiger partial charge in [-0.3, -0.25) is 13.8 Å². The van der Waals surface area contributed by atoms with Crippen LogP contribution in [0.25, 0.3) is 0 Å². The summed E-state index contributed by atoms with van der Waals surface area (Å²) in [6.45, 7) is 3.75. The lowest BCUT2D eigenvalue weighted by Crippen LogP contribution is -2.64. The molecule has 1 aliphatic carbocycles. The molecule has 8 unspecified atom stereocenters. The Morgan fingerprint density at radius 2 is 0.950 bits per heavy atom. The zero-order chi connectivity index (χ0) is 44.4. The number of aliphatic hydroxyl groups is 7. The predicted molar refractivity (Wildman–Crippen MR) is 238 cm³/mol. The number of amides is 1. The fourth-order valence-electron chi connectivity index (χ4n) is 7.89. The van der Waals surface area contributed by atoms with Crippen molar-refractivity contribution in [1.29, 1.82) is 0 Å². The van der Waals surface area contributed by atoms with Crippen LogP contribution in [0.5, 0.6) is 0 Å². The van der Waals surface area contributed by atoms with Gasteiger partial charge < -0.3 is 46.0 Å². The van der Waals surface area contributed by atoms with Crippen molar-refractivity contribution in [3.63, 3.8) is 0 Å². The highest BCUT2D eigenvalue weighted by molar-refractivity contribution is 7.47. The van der Waals surface area contributed by atoms with E-state index in [2.05, 4.69) is 19.2 Å². The maximum atomic E-state index is 13.0. The molecule has 0 aromatic rings. The molecule has 0 aromatic heterocycles.